The zero-order valence-corrected chi connectivity index (χ0v) is 9.75. The van der Waals surface area contributed by atoms with Crippen molar-refractivity contribution in [2.75, 3.05) is 0 Å². The molecule has 1 atom stereocenters. The van der Waals surface area contributed by atoms with Gasteiger partial charge in [-0.05, 0) is 6.92 Å². The molecule has 1 aromatic carbocycles. The van der Waals surface area contributed by atoms with E-state index in [0.29, 0.717) is 11.8 Å². The summed E-state index contributed by atoms with van der Waals surface area (Å²) in [6, 6.07) is 0. The molecule has 0 aliphatic rings. The van der Waals surface area contributed by atoms with Gasteiger partial charge >= 0.3 is 5.97 Å². The van der Waals surface area contributed by atoms with Crippen LogP contribution in [-0.4, -0.2) is 16.3 Å². The molecule has 0 saturated carbocycles. The van der Waals surface area contributed by atoms with Gasteiger partial charge in [0.2, 0.25) is 5.82 Å². The summed E-state index contributed by atoms with van der Waals surface area (Å²) < 4.78 is 64.6. The molecule has 8 heteroatoms. The van der Waals surface area contributed by atoms with Gasteiger partial charge in [0, 0.05) is 11.3 Å². The van der Waals surface area contributed by atoms with E-state index < -0.39 is 51.6 Å². The number of carboxylic acid groups (broad SMARTS) is 1. The molecule has 0 aliphatic heterocycles. The maximum absolute atomic E-state index is 13.2. The predicted molar refractivity (Wildman–Crippen MR) is 54.6 cm³/mol. The fourth-order valence-corrected chi connectivity index (χ4v) is 1.87. The Morgan fingerprint density at radius 2 is 1.44 bits per heavy atom. The Morgan fingerprint density at radius 3 is 1.83 bits per heavy atom. The summed E-state index contributed by atoms with van der Waals surface area (Å²) in [7, 11) is 0. The molecule has 0 saturated heterocycles. The first-order valence-corrected chi connectivity index (χ1v) is 5.67. The van der Waals surface area contributed by atoms with Gasteiger partial charge < -0.3 is 5.11 Å². The number of rotatable bonds is 4. The second-order valence-corrected chi connectivity index (χ2v) is 4.67. The molecular weight excluding hydrogens is 279 g/mol. The van der Waals surface area contributed by atoms with E-state index in [0.717, 1.165) is 0 Å². The summed E-state index contributed by atoms with van der Waals surface area (Å²) in [5.41, 5.74) is -1.02. The van der Waals surface area contributed by atoms with Crippen molar-refractivity contribution >= 4 is 17.7 Å². The molecule has 0 fully saturated rings. The number of halogens is 5. The molecule has 0 spiro atoms. The summed E-state index contributed by atoms with van der Waals surface area (Å²) in [5, 5.41) is 7.51. The zero-order chi connectivity index (χ0) is 14.0. The van der Waals surface area contributed by atoms with E-state index >= 15 is 0 Å². The van der Waals surface area contributed by atoms with E-state index in [2.05, 4.69) is 0 Å². The summed E-state index contributed by atoms with van der Waals surface area (Å²) in [4.78, 5) is 10.5. The van der Waals surface area contributed by atoms with Crippen molar-refractivity contribution in [3.05, 3.63) is 34.6 Å². The first-order chi connectivity index (χ1) is 8.27. The third-order valence-corrected chi connectivity index (χ3v) is 3.28. The minimum Gasteiger partial charge on any atom is -0.480 e. The lowest BCUT2D eigenvalue weighted by molar-refractivity contribution is -0.136. The largest absolute Gasteiger partial charge is 0.480 e. The van der Waals surface area contributed by atoms with E-state index in [1.807, 2.05) is 0 Å². The Bertz CT molecular complexity index is 463. The quantitative estimate of drug-likeness (QED) is 0.525. The Kier molecular flexibility index (Phi) is 4.55. The third kappa shape index (κ3) is 2.74. The molecule has 0 heterocycles. The van der Waals surface area contributed by atoms with Crippen molar-refractivity contribution in [1.82, 2.24) is 0 Å². The van der Waals surface area contributed by atoms with Gasteiger partial charge in [0.15, 0.2) is 23.3 Å². The lowest BCUT2D eigenvalue weighted by atomic mass is 10.2. The lowest BCUT2D eigenvalue weighted by Gasteiger charge is -2.09. The SMILES string of the molecule is C[C@H](SCc1c(F)c(F)c(F)c(F)c1F)C(=O)O. The highest BCUT2D eigenvalue weighted by molar-refractivity contribution is 7.99. The van der Waals surface area contributed by atoms with Crippen molar-refractivity contribution in [1.29, 1.82) is 0 Å². The van der Waals surface area contributed by atoms with Crippen LogP contribution in [0.15, 0.2) is 0 Å². The number of hydrogen-bond acceptors (Lipinski definition) is 2. The van der Waals surface area contributed by atoms with Gasteiger partial charge in [0.25, 0.3) is 0 Å². The smallest absolute Gasteiger partial charge is 0.316 e. The number of thioether (sulfide) groups is 1. The van der Waals surface area contributed by atoms with E-state index in [9.17, 15) is 26.7 Å². The highest BCUT2D eigenvalue weighted by atomic mass is 32.2. The number of carbonyl (C=O) groups is 1. The van der Waals surface area contributed by atoms with E-state index in [4.69, 9.17) is 5.11 Å². The van der Waals surface area contributed by atoms with Gasteiger partial charge in [0.05, 0.1) is 5.25 Å². The summed E-state index contributed by atoms with van der Waals surface area (Å²) in [6.07, 6.45) is 0. The summed E-state index contributed by atoms with van der Waals surface area (Å²) >= 11 is 0.554. The van der Waals surface area contributed by atoms with E-state index in [1.54, 1.807) is 0 Å². The van der Waals surface area contributed by atoms with Crippen molar-refractivity contribution in [2.24, 2.45) is 0 Å². The van der Waals surface area contributed by atoms with Crippen molar-refractivity contribution in [3.8, 4) is 0 Å². The molecule has 1 rings (SSSR count). The fraction of sp³-hybridized carbons (Fsp3) is 0.300. The first kappa shape index (κ1) is 14.7. The average Bonchev–Trinajstić information content (AvgIpc) is 2.33. The second-order valence-electron chi connectivity index (χ2n) is 3.34. The van der Waals surface area contributed by atoms with Gasteiger partial charge in [-0.3, -0.25) is 4.79 Å². The number of benzene rings is 1. The monoisotopic (exact) mass is 286 g/mol. The Morgan fingerprint density at radius 1 is 1.06 bits per heavy atom. The maximum Gasteiger partial charge on any atom is 0.316 e. The topological polar surface area (TPSA) is 37.3 Å². The van der Waals surface area contributed by atoms with Gasteiger partial charge in [-0.2, -0.15) is 0 Å². The minimum atomic E-state index is -2.23. The second kappa shape index (κ2) is 5.55. The van der Waals surface area contributed by atoms with Crippen LogP contribution in [0, 0.1) is 29.1 Å². The zero-order valence-electron chi connectivity index (χ0n) is 8.94. The van der Waals surface area contributed by atoms with Crippen molar-refractivity contribution in [3.63, 3.8) is 0 Å². The molecule has 0 radical (unpaired) electrons. The van der Waals surface area contributed by atoms with Crippen LogP contribution >= 0.6 is 11.8 Å². The van der Waals surface area contributed by atoms with Crippen molar-refractivity contribution in [2.45, 2.75) is 17.9 Å². The maximum atomic E-state index is 13.2. The Hall–Kier alpha value is -1.31. The van der Waals surface area contributed by atoms with Crippen LogP contribution in [0.4, 0.5) is 22.0 Å². The van der Waals surface area contributed by atoms with Crippen LogP contribution in [-0.2, 0) is 10.5 Å². The average molecular weight is 286 g/mol. The summed E-state index contributed by atoms with van der Waals surface area (Å²) in [6.45, 7) is 1.24. The molecule has 18 heavy (non-hydrogen) atoms. The van der Waals surface area contributed by atoms with Gasteiger partial charge in [0.1, 0.15) is 0 Å². The normalized spacial score (nSPS) is 12.6. The van der Waals surface area contributed by atoms with Crippen LogP contribution in [0.1, 0.15) is 12.5 Å². The molecule has 100 valence electrons. The van der Waals surface area contributed by atoms with Gasteiger partial charge in [-0.15, -0.1) is 11.8 Å². The molecule has 1 N–H and O–H groups in total. The van der Waals surface area contributed by atoms with Crippen LogP contribution in [0.2, 0.25) is 0 Å². The van der Waals surface area contributed by atoms with Crippen molar-refractivity contribution < 1.29 is 31.9 Å². The minimum absolute atomic E-state index is 0.554. The molecule has 2 nitrogen and oxygen atoms in total. The molecule has 1 aromatic rings. The molecule has 0 unspecified atom stereocenters. The highest BCUT2D eigenvalue weighted by Gasteiger charge is 2.26. The van der Waals surface area contributed by atoms with Crippen LogP contribution < -0.4 is 0 Å². The highest BCUT2D eigenvalue weighted by Crippen LogP contribution is 2.27. The Balaban J connectivity index is 3.07. The lowest BCUT2D eigenvalue weighted by Crippen LogP contribution is -2.13. The predicted octanol–water partition coefficient (Wildman–Crippen LogP) is 3.09. The number of aliphatic carboxylic acids is 1. The third-order valence-electron chi connectivity index (χ3n) is 2.13. The Labute approximate surface area is 103 Å². The molecule has 0 aromatic heterocycles. The molecular formula is C10H7F5O2S. The van der Waals surface area contributed by atoms with Crippen LogP contribution in [0.5, 0.6) is 0 Å². The van der Waals surface area contributed by atoms with Crippen LogP contribution in [0.25, 0.3) is 0 Å². The molecule has 0 bridgehead atoms. The summed E-state index contributed by atoms with van der Waals surface area (Å²) in [5.74, 6) is -12.0. The molecule has 0 aliphatic carbocycles. The number of hydrogen-bond donors (Lipinski definition) is 1. The van der Waals surface area contributed by atoms with Gasteiger partial charge in [-0.1, -0.05) is 0 Å². The van der Waals surface area contributed by atoms with Crippen LogP contribution in [0.3, 0.4) is 0 Å². The standard InChI is InChI=1S/C10H7F5O2S/c1-3(10(16)17)18-2-4-5(11)7(13)9(15)8(14)6(4)12/h3H,2H2,1H3,(H,16,17)/t3-/m0/s1. The fourth-order valence-electron chi connectivity index (χ4n) is 1.06. The van der Waals surface area contributed by atoms with E-state index in [-0.39, 0.29) is 0 Å². The number of carboxylic acids is 1. The van der Waals surface area contributed by atoms with Gasteiger partial charge in [-0.25, -0.2) is 22.0 Å². The first-order valence-electron chi connectivity index (χ1n) is 4.62. The molecule has 0 amide bonds. The van der Waals surface area contributed by atoms with E-state index in [1.165, 1.54) is 6.92 Å².